The summed E-state index contributed by atoms with van der Waals surface area (Å²) < 4.78 is 0. The topological polar surface area (TPSA) is 37.4 Å². The number of para-hydroxylation sites is 1. The minimum absolute atomic E-state index is 0.298. The normalized spacial score (nSPS) is 12.9. The number of benzene rings is 5. The molecule has 5 aromatic rings. The number of rotatable bonds is 3. The molecule has 2 amide bonds. The molecule has 0 spiro atoms. The molecule has 1 aliphatic rings. The minimum atomic E-state index is -0.298. The van der Waals surface area contributed by atoms with Crippen molar-refractivity contribution in [2.45, 2.75) is 0 Å². The molecule has 0 aliphatic carbocycles. The van der Waals surface area contributed by atoms with Gasteiger partial charge in [0.05, 0.1) is 5.69 Å². The zero-order valence-electron chi connectivity index (χ0n) is 17.7. The zero-order chi connectivity index (χ0) is 22.4. The molecule has 156 valence electrons. The Kier molecular flexibility index (Phi) is 4.41. The summed E-state index contributed by atoms with van der Waals surface area (Å²) in [5.41, 5.74) is 5.76. The van der Waals surface area contributed by atoms with Crippen molar-refractivity contribution in [2.75, 3.05) is 4.90 Å². The van der Waals surface area contributed by atoms with Crippen molar-refractivity contribution in [3.8, 4) is 22.3 Å². The van der Waals surface area contributed by atoms with Gasteiger partial charge in [-0.25, -0.2) is 4.90 Å². The van der Waals surface area contributed by atoms with Crippen molar-refractivity contribution in [2.24, 2.45) is 0 Å². The number of anilines is 1. The number of imide groups is 1. The average molecular weight is 425 g/mol. The molecule has 5 aromatic carbocycles. The molecule has 0 N–H and O–H groups in total. The van der Waals surface area contributed by atoms with Crippen LogP contribution in [-0.2, 0) is 0 Å². The van der Waals surface area contributed by atoms with E-state index in [1.165, 1.54) is 4.90 Å². The fraction of sp³-hybridized carbons (Fsp3) is 0. The Labute approximate surface area is 191 Å². The summed E-state index contributed by atoms with van der Waals surface area (Å²) in [4.78, 5) is 28.5. The smallest absolute Gasteiger partial charge is 0.265 e. The van der Waals surface area contributed by atoms with E-state index in [0.29, 0.717) is 16.8 Å². The molecule has 6 rings (SSSR count). The highest BCUT2D eigenvalue weighted by atomic mass is 16.2. The summed E-state index contributed by atoms with van der Waals surface area (Å²) in [6.07, 6.45) is 0. The third-order valence-corrected chi connectivity index (χ3v) is 6.21. The predicted molar refractivity (Wildman–Crippen MR) is 132 cm³/mol. The molecule has 0 atom stereocenters. The van der Waals surface area contributed by atoms with E-state index >= 15 is 0 Å². The van der Waals surface area contributed by atoms with Crippen molar-refractivity contribution in [3.05, 3.63) is 126 Å². The maximum atomic E-state index is 13.6. The Hall–Kier alpha value is -4.50. The van der Waals surface area contributed by atoms with E-state index in [-0.39, 0.29) is 11.8 Å². The molecule has 1 heterocycles. The molecule has 0 fully saturated rings. The van der Waals surface area contributed by atoms with E-state index in [1.54, 1.807) is 12.1 Å². The molecule has 0 saturated heterocycles. The standard InChI is InChI=1S/C30H19NO2/c32-29-25-18-16-23(20-10-4-1-5-11-20)27-24(21-12-6-2-7-13-21)17-19-26(28(25)27)30(33)31(29)22-14-8-3-9-15-22/h1-19H. The highest BCUT2D eigenvalue weighted by Gasteiger charge is 2.35. The Bertz CT molecular complexity index is 1430. The van der Waals surface area contributed by atoms with E-state index in [2.05, 4.69) is 24.3 Å². The first-order chi connectivity index (χ1) is 16.2. The Morgan fingerprint density at radius 3 is 1.21 bits per heavy atom. The molecule has 0 unspecified atom stereocenters. The maximum Gasteiger partial charge on any atom is 0.265 e. The highest BCUT2D eigenvalue weighted by Crippen LogP contribution is 2.42. The lowest BCUT2D eigenvalue weighted by atomic mass is 9.84. The van der Waals surface area contributed by atoms with Crippen LogP contribution >= 0.6 is 0 Å². The van der Waals surface area contributed by atoms with Gasteiger partial charge in [-0.05, 0) is 51.9 Å². The van der Waals surface area contributed by atoms with Gasteiger partial charge in [0.2, 0.25) is 0 Å². The van der Waals surface area contributed by atoms with Crippen LogP contribution in [0.15, 0.2) is 115 Å². The van der Waals surface area contributed by atoms with Crippen LogP contribution in [0.5, 0.6) is 0 Å². The first-order valence-corrected chi connectivity index (χ1v) is 10.9. The predicted octanol–water partition coefficient (Wildman–Crippen LogP) is 6.97. The molecule has 3 heteroatoms. The van der Waals surface area contributed by atoms with Gasteiger partial charge in [0.15, 0.2) is 0 Å². The van der Waals surface area contributed by atoms with Gasteiger partial charge in [-0.1, -0.05) is 91.0 Å². The fourth-order valence-corrected chi connectivity index (χ4v) is 4.71. The van der Waals surface area contributed by atoms with Crippen LogP contribution in [0.1, 0.15) is 20.7 Å². The summed E-state index contributed by atoms with van der Waals surface area (Å²) in [7, 11) is 0. The number of carbonyl (C=O) groups is 2. The molecule has 0 radical (unpaired) electrons. The number of carbonyl (C=O) groups excluding carboxylic acids is 2. The Morgan fingerprint density at radius 1 is 0.394 bits per heavy atom. The van der Waals surface area contributed by atoms with Gasteiger partial charge in [-0.15, -0.1) is 0 Å². The van der Waals surface area contributed by atoms with Gasteiger partial charge >= 0.3 is 0 Å². The van der Waals surface area contributed by atoms with E-state index in [0.717, 1.165) is 33.0 Å². The summed E-state index contributed by atoms with van der Waals surface area (Å²) in [6, 6.07) is 37.0. The van der Waals surface area contributed by atoms with Crippen LogP contribution in [0, 0.1) is 0 Å². The van der Waals surface area contributed by atoms with Crippen LogP contribution in [0.2, 0.25) is 0 Å². The van der Waals surface area contributed by atoms with E-state index in [1.807, 2.05) is 78.9 Å². The first kappa shape index (κ1) is 19.2. The van der Waals surface area contributed by atoms with Crippen molar-refractivity contribution < 1.29 is 9.59 Å². The largest absolute Gasteiger partial charge is 0.268 e. The molecule has 33 heavy (non-hydrogen) atoms. The SMILES string of the molecule is O=C1c2ccc(-c3ccccc3)c3c(-c4ccccc4)ccc(c23)C(=O)N1c1ccccc1. The van der Waals surface area contributed by atoms with Crippen LogP contribution in [0.3, 0.4) is 0 Å². The molecule has 3 nitrogen and oxygen atoms in total. The van der Waals surface area contributed by atoms with Gasteiger partial charge in [0, 0.05) is 16.5 Å². The Balaban J connectivity index is 1.69. The quantitative estimate of drug-likeness (QED) is 0.293. The van der Waals surface area contributed by atoms with Crippen molar-refractivity contribution in [3.63, 3.8) is 0 Å². The lowest BCUT2D eigenvalue weighted by Crippen LogP contribution is -2.40. The third-order valence-electron chi connectivity index (χ3n) is 6.21. The number of amides is 2. The number of nitrogens with zero attached hydrogens (tertiary/aromatic N) is 1. The molecule has 0 bridgehead atoms. The summed E-state index contributed by atoms with van der Waals surface area (Å²) in [6.45, 7) is 0. The monoisotopic (exact) mass is 425 g/mol. The average Bonchev–Trinajstić information content (AvgIpc) is 2.88. The van der Waals surface area contributed by atoms with E-state index in [9.17, 15) is 9.59 Å². The fourth-order valence-electron chi connectivity index (χ4n) is 4.71. The van der Waals surface area contributed by atoms with E-state index in [4.69, 9.17) is 0 Å². The molecule has 1 aliphatic heterocycles. The van der Waals surface area contributed by atoms with Crippen LogP contribution in [0.4, 0.5) is 5.69 Å². The lowest BCUT2D eigenvalue weighted by Gasteiger charge is -2.28. The van der Waals surface area contributed by atoms with E-state index < -0.39 is 0 Å². The number of hydrogen-bond donors (Lipinski definition) is 0. The minimum Gasteiger partial charge on any atom is -0.268 e. The first-order valence-electron chi connectivity index (χ1n) is 10.9. The summed E-state index contributed by atoms with van der Waals surface area (Å²) in [5.74, 6) is -0.595. The second kappa shape index (κ2) is 7.57. The summed E-state index contributed by atoms with van der Waals surface area (Å²) >= 11 is 0. The van der Waals surface area contributed by atoms with Crippen LogP contribution in [0.25, 0.3) is 33.0 Å². The Morgan fingerprint density at radius 2 is 0.758 bits per heavy atom. The van der Waals surface area contributed by atoms with Crippen LogP contribution in [-0.4, -0.2) is 11.8 Å². The van der Waals surface area contributed by atoms with Crippen molar-refractivity contribution in [1.29, 1.82) is 0 Å². The second-order valence-corrected chi connectivity index (χ2v) is 8.08. The van der Waals surface area contributed by atoms with Gasteiger partial charge in [-0.3, -0.25) is 9.59 Å². The van der Waals surface area contributed by atoms with Gasteiger partial charge < -0.3 is 0 Å². The molecular weight excluding hydrogens is 406 g/mol. The van der Waals surface area contributed by atoms with Gasteiger partial charge in [0.25, 0.3) is 11.8 Å². The molecular formula is C30H19NO2. The third kappa shape index (κ3) is 2.98. The summed E-state index contributed by atoms with van der Waals surface area (Å²) in [5, 5.41) is 1.65. The van der Waals surface area contributed by atoms with Crippen molar-refractivity contribution in [1.82, 2.24) is 0 Å². The van der Waals surface area contributed by atoms with Crippen LogP contribution < -0.4 is 4.90 Å². The second-order valence-electron chi connectivity index (χ2n) is 8.08. The molecule has 0 saturated carbocycles. The molecule has 0 aromatic heterocycles. The zero-order valence-corrected chi connectivity index (χ0v) is 17.7. The van der Waals surface area contributed by atoms with Gasteiger partial charge in [-0.2, -0.15) is 0 Å². The highest BCUT2D eigenvalue weighted by molar-refractivity contribution is 6.37. The number of hydrogen-bond acceptors (Lipinski definition) is 2. The van der Waals surface area contributed by atoms with Crippen molar-refractivity contribution >= 4 is 28.3 Å². The maximum absolute atomic E-state index is 13.6. The lowest BCUT2D eigenvalue weighted by molar-refractivity contribution is 0.0893. The van der Waals surface area contributed by atoms with Gasteiger partial charge in [0.1, 0.15) is 0 Å².